The topological polar surface area (TPSA) is 47.4 Å². The van der Waals surface area contributed by atoms with Gasteiger partial charge in [0.05, 0.1) is 17.6 Å². The zero-order chi connectivity index (χ0) is 22.9. The summed E-state index contributed by atoms with van der Waals surface area (Å²) in [6.45, 7) is 8.06. The molecule has 0 spiro atoms. The average Bonchev–Trinajstić information content (AvgIpc) is 3.36. The molecule has 0 saturated carbocycles. The minimum Gasteiger partial charge on any atom is -0.491 e. The molecule has 1 aromatic heterocycles. The molecule has 5 nitrogen and oxygen atoms in total. The number of nitrogens with zero attached hydrogens (tertiary/aromatic N) is 3. The second kappa shape index (κ2) is 8.74. The smallest absolute Gasteiger partial charge is 0.227 e. The van der Waals surface area contributed by atoms with E-state index in [9.17, 15) is 4.79 Å². The molecule has 0 radical (unpaired) electrons. The fourth-order valence-electron chi connectivity index (χ4n) is 4.93. The van der Waals surface area contributed by atoms with Gasteiger partial charge in [-0.15, -0.1) is 0 Å². The number of aromatic nitrogens is 2. The van der Waals surface area contributed by atoms with E-state index in [0.29, 0.717) is 26.1 Å². The molecule has 0 aliphatic carbocycles. The van der Waals surface area contributed by atoms with E-state index in [2.05, 4.69) is 49.6 Å². The standard InChI is InChI=1S/C28H29N3O2/c1-19-9-4-7-14-25(19)33-16-15-30-24-13-6-5-12-23(24)29-28(30)22-17-26(32)31(18-22)27-20(2)10-8-11-21(27)3/h4-14,22H,15-18H2,1-3H3. The summed E-state index contributed by atoms with van der Waals surface area (Å²) in [5.41, 5.74) is 6.46. The van der Waals surface area contributed by atoms with Crippen molar-refractivity contribution in [1.29, 1.82) is 0 Å². The maximum absolute atomic E-state index is 13.1. The van der Waals surface area contributed by atoms with Crippen molar-refractivity contribution in [3.05, 3.63) is 89.2 Å². The van der Waals surface area contributed by atoms with E-state index in [4.69, 9.17) is 9.72 Å². The van der Waals surface area contributed by atoms with Crippen LogP contribution >= 0.6 is 0 Å². The predicted molar refractivity (Wildman–Crippen MR) is 132 cm³/mol. The van der Waals surface area contributed by atoms with Gasteiger partial charge in [0.15, 0.2) is 0 Å². The van der Waals surface area contributed by atoms with E-state index < -0.39 is 0 Å². The maximum Gasteiger partial charge on any atom is 0.227 e. The summed E-state index contributed by atoms with van der Waals surface area (Å²) >= 11 is 0. The van der Waals surface area contributed by atoms with Crippen molar-refractivity contribution in [1.82, 2.24) is 9.55 Å². The summed E-state index contributed by atoms with van der Waals surface area (Å²) in [5.74, 6) is 2.07. The number of carbonyl (C=O) groups is 1. The van der Waals surface area contributed by atoms with E-state index in [-0.39, 0.29) is 11.8 Å². The summed E-state index contributed by atoms with van der Waals surface area (Å²) in [7, 11) is 0. The molecule has 1 aliphatic heterocycles. The Morgan fingerprint density at radius 3 is 2.39 bits per heavy atom. The molecule has 1 aliphatic rings. The van der Waals surface area contributed by atoms with Crippen molar-refractivity contribution in [2.24, 2.45) is 0 Å². The highest BCUT2D eigenvalue weighted by molar-refractivity contribution is 5.98. The summed E-state index contributed by atoms with van der Waals surface area (Å²) in [5, 5.41) is 0. The fourth-order valence-corrected chi connectivity index (χ4v) is 4.93. The highest BCUT2D eigenvalue weighted by atomic mass is 16.5. The van der Waals surface area contributed by atoms with Crippen molar-refractivity contribution >= 4 is 22.6 Å². The minimum absolute atomic E-state index is 0.0439. The molecule has 1 saturated heterocycles. The van der Waals surface area contributed by atoms with Crippen molar-refractivity contribution < 1.29 is 9.53 Å². The van der Waals surface area contributed by atoms with Gasteiger partial charge >= 0.3 is 0 Å². The summed E-state index contributed by atoms with van der Waals surface area (Å²) in [4.78, 5) is 20.0. The average molecular weight is 440 g/mol. The summed E-state index contributed by atoms with van der Waals surface area (Å²) in [6, 6.07) is 22.4. The highest BCUT2D eigenvalue weighted by Gasteiger charge is 2.35. The van der Waals surface area contributed by atoms with E-state index in [1.165, 1.54) is 0 Å². The molecular weight excluding hydrogens is 410 g/mol. The van der Waals surface area contributed by atoms with Crippen molar-refractivity contribution in [3.63, 3.8) is 0 Å². The number of hydrogen-bond donors (Lipinski definition) is 0. The Morgan fingerprint density at radius 2 is 1.61 bits per heavy atom. The van der Waals surface area contributed by atoms with Crippen LogP contribution in [-0.4, -0.2) is 28.6 Å². The van der Waals surface area contributed by atoms with E-state index in [1.807, 2.05) is 47.4 Å². The molecule has 1 amide bonds. The number of imidazole rings is 1. The lowest BCUT2D eigenvalue weighted by atomic mass is 10.1. The van der Waals surface area contributed by atoms with Crippen LogP contribution < -0.4 is 9.64 Å². The predicted octanol–water partition coefficient (Wildman–Crippen LogP) is 5.56. The van der Waals surface area contributed by atoms with Gasteiger partial charge in [-0.1, -0.05) is 48.5 Å². The zero-order valence-electron chi connectivity index (χ0n) is 19.4. The van der Waals surface area contributed by atoms with E-state index in [0.717, 1.165) is 45.0 Å². The Balaban J connectivity index is 1.43. The first-order valence-electron chi connectivity index (χ1n) is 11.5. The van der Waals surface area contributed by atoms with Crippen molar-refractivity contribution in [3.8, 4) is 5.75 Å². The lowest BCUT2D eigenvalue weighted by molar-refractivity contribution is -0.117. The molecule has 3 aromatic carbocycles. The molecule has 1 atom stereocenters. The van der Waals surface area contributed by atoms with E-state index >= 15 is 0 Å². The number of fused-ring (bicyclic) bond motifs is 1. The Labute approximate surface area is 194 Å². The van der Waals surface area contributed by atoms with Crippen LogP contribution in [0.1, 0.15) is 34.9 Å². The molecule has 168 valence electrons. The lowest BCUT2D eigenvalue weighted by Crippen LogP contribution is -2.26. The molecule has 5 rings (SSSR count). The monoisotopic (exact) mass is 439 g/mol. The van der Waals surface area contributed by atoms with Crippen molar-refractivity contribution in [2.75, 3.05) is 18.1 Å². The molecular formula is C28H29N3O2. The molecule has 2 heterocycles. The molecule has 33 heavy (non-hydrogen) atoms. The highest BCUT2D eigenvalue weighted by Crippen LogP contribution is 2.36. The first kappa shape index (κ1) is 21.3. The minimum atomic E-state index is 0.0439. The number of anilines is 1. The molecule has 5 heteroatoms. The van der Waals surface area contributed by atoms with Crippen LogP contribution in [0.3, 0.4) is 0 Å². The zero-order valence-corrected chi connectivity index (χ0v) is 19.4. The number of carbonyl (C=O) groups excluding carboxylic acids is 1. The van der Waals surface area contributed by atoms with Gasteiger partial charge in [-0.25, -0.2) is 4.98 Å². The second-order valence-corrected chi connectivity index (χ2v) is 8.87. The third-order valence-corrected chi connectivity index (χ3v) is 6.55. The van der Waals surface area contributed by atoms with Crippen LogP contribution in [0.25, 0.3) is 11.0 Å². The van der Waals surface area contributed by atoms with Gasteiger partial charge in [-0.3, -0.25) is 4.79 Å². The first-order valence-corrected chi connectivity index (χ1v) is 11.5. The Morgan fingerprint density at radius 1 is 0.909 bits per heavy atom. The SMILES string of the molecule is Cc1ccccc1OCCn1c(C2CC(=O)N(c3c(C)cccc3C)C2)nc2ccccc21. The van der Waals surface area contributed by atoms with Gasteiger partial charge in [0.25, 0.3) is 0 Å². The van der Waals surface area contributed by atoms with Crippen LogP contribution in [0, 0.1) is 20.8 Å². The number of benzene rings is 3. The quantitative estimate of drug-likeness (QED) is 0.395. The van der Waals surface area contributed by atoms with Crippen molar-refractivity contribution in [2.45, 2.75) is 39.7 Å². The maximum atomic E-state index is 13.1. The summed E-state index contributed by atoms with van der Waals surface area (Å²) < 4.78 is 8.33. The van der Waals surface area contributed by atoms with Gasteiger partial charge in [-0.05, 0) is 55.7 Å². The number of hydrogen-bond acceptors (Lipinski definition) is 3. The molecule has 1 unspecified atom stereocenters. The van der Waals surface area contributed by atoms with Crippen LogP contribution in [0.2, 0.25) is 0 Å². The van der Waals surface area contributed by atoms with Gasteiger partial charge in [0, 0.05) is 24.6 Å². The normalized spacial score (nSPS) is 16.0. The number of rotatable bonds is 6. The third-order valence-electron chi connectivity index (χ3n) is 6.55. The Bertz CT molecular complexity index is 1300. The molecule has 4 aromatic rings. The number of ether oxygens (including phenoxy) is 1. The van der Waals surface area contributed by atoms with Gasteiger partial charge < -0.3 is 14.2 Å². The lowest BCUT2D eigenvalue weighted by Gasteiger charge is -2.21. The van der Waals surface area contributed by atoms with Gasteiger partial charge in [0.2, 0.25) is 5.91 Å². The fraction of sp³-hybridized carbons (Fsp3) is 0.286. The number of para-hydroxylation sites is 4. The summed E-state index contributed by atoms with van der Waals surface area (Å²) in [6.07, 6.45) is 0.468. The van der Waals surface area contributed by atoms with Crippen LogP contribution in [-0.2, 0) is 11.3 Å². The van der Waals surface area contributed by atoms with Crippen LogP contribution in [0.15, 0.2) is 66.7 Å². The van der Waals surface area contributed by atoms with Gasteiger partial charge in [-0.2, -0.15) is 0 Å². The number of amides is 1. The van der Waals surface area contributed by atoms with Gasteiger partial charge in [0.1, 0.15) is 18.2 Å². The molecule has 0 bridgehead atoms. The number of aryl methyl sites for hydroxylation is 3. The second-order valence-electron chi connectivity index (χ2n) is 8.87. The van der Waals surface area contributed by atoms with Crippen LogP contribution in [0.4, 0.5) is 5.69 Å². The van der Waals surface area contributed by atoms with E-state index in [1.54, 1.807) is 0 Å². The van der Waals surface area contributed by atoms with Crippen LogP contribution in [0.5, 0.6) is 5.75 Å². The third kappa shape index (κ3) is 3.99. The first-order chi connectivity index (χ1) is 16.0. The Hall–Kier alpha value is -3.60. The molecule has 0 N–H and O–H groups in total. The largest absolute Gasteiger partial charge is 0.491 e. The Kier molecular flexibility index (Phi) is 5.63. The molecule has 1 fully saturated rings.